The Hall–Kier alpha value is -4.24. The van der Waals surface area contributed by atoms with Crippen molar-refractivity contribution in [2.75, 3.05) is 17.3 Å². The van der Waals surface area contributed by atoms with Crippen LogP contribution in [0.4, 0.5) is 11.4 Å². The number of ether oxygens (including phenoxy) is 1. The van der Waals surface area contributed by atoms with Crippen molar-refractivity contribution in [1.82, 2.24) is 19.9 Å². The van der Waals surface area contributed by atoms with E-state index in [1.807, 2.05) is 73.9 Å². The Morgan fingerprint density at radius 2 is 1.97 bits per heavy atom. The van der Waals surface area contributed by atoms with E-state index in [0.29, 0.717) is 16.5 Å². The van der Waals surface area contributed by atoms with Gasteiger partial charge in [-0.1, -0.05) is 12.1 Å². The first-order valence-electron chi connectivity index (χ1n) is 11.5. The van der Waals surface area contributed by atoms with Crippen molar-refractivity contribution >= 4 is 34.6 Å². The quantitative estimate of drug-likeness (QED) is 0.372. The number of aromatic nitrogens is 3. The molecular formula is C27H26N6O2S. The zero-order chi connectivity index (χ0) is 25.2. The lowest BCUT2D eigenvalue weighted by molar-refractivity contribution is -0.114. The highest BCUT2D eigenvalue weighted by molar-refractivity contribution is 7.80. The van der Waals surface area contributed by atoms with E-state index in [0.717, 1.165) is 28.5 Å². The summed E-state index contributed by atoms with van der Waals surface area (Å²) in [6, 6.07) is 19.1. The van der Waals surface area contributed by atoms with Gasteiger partial charge in [0.05, 0.1) is 24.5 Å². The average molecular weight is 499 g/mol. The molecule has 5 rings (SSSR count). The molecule has 1 amide bonds. The monoisotopic (exact) mass is 498 g/mol. The summed E-state index contributed by atoms with van der Waals surface area (Å²) < 4.78 is 7.53. The van der Waals surface area contributed by atoms with Gasteiger partial charge in [0.15, 0.2) is 5.11 Å². The van der Waals surface area contributed by atoms with E-state index in [1.165, 1.54) is 6.92 Å². The molecule has 8 nitrogen and oxygen atoms in total. The van der Waals surface area contributed by atoms with Crippen LogP contribution < -0.4 is 20.3 Å². The van der Waals surface area contributed by atoms with E-state index in [1.54, 1.807) is 13.3 Å². The Morgan fingerprint density at radius 1 is 1.11 bits per heavy atom. The average Bonchev–Trinajstić information content (AvgIpc) is 3.49. The molecule has 0 radical (unpaired) electrons. The highest BCUT2D eigenvalue weighted by Gasteiger charge is 2.42. The summed E-state index contributed by atoms with van der Waals surface area (Å²) in [5.41, 5.74) is 4.33. The molecule has 36 heavy (non-hydrogen) atoms. The first kappa shape index (κ1) is 23.5. The fraction of sp³-hybridized carbons (Fsp3) is 0.185. The van der Waals surface area contributed by atoms with Gasteiger partial charge in [-0.05, 0) is 73.2 Å². The van der Waals surface area contributed by atoms with Crippen LogP contribution in [0.15, 0.2) is 79.3 Å². The summed E-state index contributed by atoms with van der Waals surface area (Å²) in [6.07, 6.45) is 5.63. The molecule has 0 saturated carbocycles. The standard InChI is InChI=1S/C27H26N6O2S/c1-17-9-12-24(29-16-17)32-14-6-8-22(32)26-25(20-7-4-5-13-28-20)31-27(36)33(26)19-10-11-23(35-3)21(15-19)30-18(2)34/h4-16,25-26H,1-3H3,(H,30,34)(H,31,36)/t25-,26-/m1/s1. The van der Waals surface area contributed by atoms with E-state index in [-0.39, 0.29) is 18.0 Å². The smallest absolute Gasteiger partial charge is 0.221 e. The molecule has 0 bridgehead atoms. The van der Waals surface area contributed by atoms with Crippen molar-refractivity contribution in [3.8, 4) is 11.6 Å². The number of carbonyl (C=O) groups excluding carboxylic acids is 1. The van der Waals surface area contributed by atoms with Crippen molar-refractivity contribution in [3.63, 3.8) is 0 Å². The normalized spacial score (nSPS) is 17.1. The molecule has 3 aromatic heterocycles. The molecule has 4 heterocycles. The van der Waals surface area contributed by atoms with Crippen LogP contribution in [0.3, 0.4) is 0 Å². The summed E-state index contributed by atoms with van der Waals surface area (Å²) in [6.45, 7) is 3.48. The molecule has 0 spiro atoms. The SMILES string of the molecule is COc1ccc(N2C(=S)N[C@H](c3ccccn3)[C@H]2c2cccn2-c2ccc(C)cn2)cc1NC(C)=O. The van der Waals surface area contributed by atoms with Crippen molar-refractivity contribution in [2.45, 2.75) is 25.9 Å². The maximum atomic E-state index is 11.9. The molecule has 1 aliphatic heterocycles. The third-order valence-electron chi connectivity index (χ3n) is 6.10. The summed E-state index contributed by atoms with van der Waals surface area (Å²) in [7, 11) is 1.57. The molecule has 2 N–H and O–H groups in total. The molecule has 4 aromatic rings. The molecule has 0 aliphatic carbocycles. The van der Waals surface area contributed by atoms with Crippen LogP contribution in [0, 0.1) is 6.92 Å². The van der Waals surface area contributed by atoms with Crippen molar-refractivity contribution in [2.24, 2.45) is 0 Å². The van der Waals surface area contributed by atoms with E-state index in [9.17, 15) is 4.79 Å². The summed E-state index contributed by atoms with van der Waals surface area (Å²) in [5.74, 6) is 1.19. The molecule has 9 heteroatoms. The second-order valence-electron chi connectivity index (χ2n) is 8.56. The van der Waals surface area contributed by atoms with Crippen LogP contribution >= 0.6 is 12.2 Å². The Labute approximate surface area is 215 Å². The number of rotatable bonds is 6. The molecular weight excluding hydrogens is 472 g/mol. The van der Waals surface area contributed by atoms with Gasteiger partial charge in [0, 0.05) is 36.9 Å². The predicted octanol–water partition coefficient (Wildman–Crippen LogP) is 4.72. The van der Waals surface area contributed by atoms with Crippen LogP contribution in [-0.2, 0) is 4.79 Å². The van der Waals surface area contributed by atoms with Crippen molar-refractivity contribution in [1.29, 1.82) is 0 Å². The third-order valence-corrected chi connectivity index (χ3v) is 6.41. The minimum Gasteiger partial charge on any atom is -0.495 e. The van der Waals surface area contributed by atoms with Crippen LogP contribution in [0.2, 0.25) is 0 Å². The minimum atomic E-state index is -0.246. The zero-order valence-corrected chi connectivity index (χ0v) is 21.0. The minimum absolute atomic E-state index is 0.185. The number of amides is 1. The molecule has 0 unspecified atom stereocenters. The lowest BCUT2D eigenvalue weighted by atomic mass is 10.0. The number of hydrogen-bond acceptors (Lipinski definition) is 5. The van der Waals surface area contributed by atoms with Crippen molar-refractivity contribution in [3.05, 3.63) is 96.2 Å². The van der Waals surface area contributed by atoms with Crippen molar-refractivity contribution < 1.29 is 9.53 Å². The highest BCUT2D eigenvalue weighted by atomic mass is 32.1. The number of hydrogen-bond donors (Lipinski definition) is 2. The summed E-state index contributed by atoms with van der Waals surface area (Å²) in [4.78, 5) is 23.2. The predicted molar refractivity (Wildman–Crippen MR) is 144 cm³/mol. The first-order valence-corrected chi connectivity index (χ1v) is 11.9. The molecule has 1 aliphatic rings. The fourth-order valence-electron chi connectivity index (χ4n) is 4.51. The molecule has 182 valence electrons. The van der Waals surface area contributed by atoms with E-state index >= 15 is 0 Å². The Morgan fingerprint density at radius 3 is 2.67 bits per heavy atom. The first-order chi connectivity index (χ1) is 17.5. The number of carbonyl (C=O) groups is 1. The second-order valence-corrected chi connectivity index (χ2v) is 8.95. The van der Waals surface area contributed by atoms with Gasteiger partial charge in [-0.3, -0.25) is 9.78 Å². The van der Waals surface area contributed by atoms with Gasteiger partial charge in [0.2, 0.25) is 5.91 Å². The second kappa shape index (κ2) is 9.79. The van der Waals surface area contributed by atoms with E-state index < -0.39 is 0 Å². The number of nitrogens with one attached hydrogen (secondary N) is 2. The van der Waals surface area contributed by atoms with E-state index in [2.05, 4.69) is 36.1 Å². The molecule has 1 fully saturated rings. The maximum Gasteiger partial charge on any atom is 0.221 e. The lowest BCUT2D eigenvalue weighted by Gasteiger charge is -2.29. The maximum absolute atomic E-state index is 11.9. The largest absolute Gasteiger partial charge is 0.495 e. The zero-order valence-electron chi connectivity index (χ0n) is 20.2. The number of thiocarbonyl (C=S) groups is 1. The molecule has 1 saturated heterocycles. The van der Waals surface area contributed by atoms with Gasteiger partial charge in [0.1, 0.15) is 17.6 Å². The van der Waals surface area contributed by atoms with Crippen LogP contribution in [0.25, 0.3) is 5.82 Å². The number of benzene rings is 1. The number of aryl methyl sites for hydroxylation is 1. The van der Waals surface area contributed by atoms with Crippen LogP contribution in [-0.4, -0.2) is 32.7 Å². The highest BCUT2D eigenvalue weighted by Crippen LogP contribution is 2.43. The van der Waals surface area contributed by atoms with Gasteiger partial charge >= 0.3 is 0 Å². The molecule has 1 aromatic carbocycles. The topological polar surface area (TPSA) is 84.3 Å². The van der Waals surface area contributed by atoms with Gasteiger partial charge in [-0.15, -0.1) is 0 Å². The van der Waals surface area contributed by atoms with Gasteiger partial charge in [0.25, 0.3) is 0 Å². The number of methoxy groups -OCH3 is 1. The number of anilines is 2. The lowest BCUT2D eigenvalue weighted by Crippen LogP contribution is -2.30. The Bertz CT molecular complexity index is 1400. The van der Waals surface area contributed by atoms with Crippen LogP contribution in [0.1, 0.15) is 36.0 Å². The van der Waals surface area contributed by atoms with Gasteiger partial charge < -0.3 is 24.8 Å². The molecule has 2 atom stereocenters. The third kappa shape index (κ3) is 4.40. The summed E-state index contributed by atoms with van der Waals surface area (Å²) >= 11 is 5.86. The number of nitrogens with zero attached hydrogens (tertiary/aromatic N) is 4. The Balaban J connectivity index is 1.66. The number of pyridine rings is 2. The van der Waals surface area contributed by atoms with Gasteiger partial charge in [-0.25, -0.2) is 4.98 Å². The Kier molecular flexibility index (Phi) is 6.39. The van der Waals surface area contributed by atoms with Crippen LogP contribution in [0.5, 0.6) is 5.75 Å². The fourth-order valence-corrected chi connectivity index (χ4v) is 4.86. The van der Waals surface area contributed by atoms with Gasteiger partial charge in [-0.2, -0.15) is 0 Å². The van der Waals surface area contributed by atoms with E-state index in [4.69, 9.17) is 17.0 Å². The summed E-state index contributed by atoms with van der Waals surface area (Å²) in [5, 5.41) is 6.89.